The highest BCUT2D eigenvalue weighted by Crippen LogP contribution is 2.26. The normalized spacial score (nSPS) is 11.6. The van der Waals surface area contributed by atoms with E-state index in [1.807, 2.05) is 0 Å². The van der Waals surface area contributed by atoms with Gasteiger partial charge in [-0.25, -0.2) is 0 Å². The molecule has 0 aliphatic carbocycles. The highest BCUT2D eigenvalue weighted by atomic mass is 35.5. The van der Waals surface area contributed by atoms with Crippen LogP contribution in [0.25, 0.3) is 0 Å². The predicted octanol–water partition coefficient (Wildman–Crippen LogP) is 4.03. The molecule has 1 amide bonds. The lowest BCUT2D eigenvalue weighted by Crippen LogP contribution is -2.30. The van der Waals surface area contributed by atoms with Crippen molar-refractivity contribution in [3.05, 3.63) is 69.7 Å². The zero-order valence-corrected chi connectivity index (χ0v) is 13.9. The van der Waals surface area contributed by atoms with Gasteiger partial charge in [0.15, 0.2) is 0 Å². The molecule has 0 aliphatic heterocycles. The molecule has 4 nitrogen and oxygen atoms in total. The van der Waals surface area contributed by atoms with E-state index in [-0.39, 0.29) is 12.3 Å². The van der Waals surface area contributed by atoms with Crippen LogP contribution in [0.1, 0.15) is 28.4 Å². The number of halogens is 2. The maximum absolute atomic E-state index is 12.4. The molecule has 1 atom stereocenters. The smallest absolute Gasteiger partial charge is 0.307 e. The average Bonchev–Trinajstić information content (AvgIpc) is 2.55. The van der Waals surface area contributed by atoms with Crippen molar-refractivity contribution < 1.29 is 14.3 Å². The summed E-state index contributed by atoms with van der Waals surface area (Å²) in [4.78, 5) is 24.0. The lowest BCUT2D eigenvalue weighted by atomic mass is 10.0. The molecule has 0 saturated heterocycles. The Labute approximate surface area is 144 Å². The molecule has 1 N–H and O–H groups in total. The van der Waals surface area contributed by atoms with Gasteiger partial charge in [-0.1, -0.05) is 41.4 Å². The van der Waals surface area contributed by atoms with Gasteiger partial charge in [-0.15, -0.1) is 0 Å². The number of nitrogens with one attached hydrogen (secondary N) is 1. The number of hydrogen-bond donors (Lipinski definition) is 1. The molecule has 0 heterocycles. The number of ether oxygens (including phenoxy) is 1. The second-order valence-electron chi connectivity index (χ2n) is 4.83. The molecular weight excluding hydrogens is 337 g/mol. The topological polar surface area (TPSA) is 55.4 Å². The molecule has 0 aromatic heterocycles. The molecule has 2 rings (SSSR count). The lowest BCUT2D eigenvalue weighted by Gasteiger charge is -2.19. The van der Waals surface area contributed by atoms with Crippen LogP contribution < -0.4 is 5.32 Å². The summed E-state index contributed by atoms with van der Waals surface area (Å²) in [5.74, 6) is -0.762. The van der Waals surface area contributed by atoms with E-state index >= 15 is 0 Å². The fourth-order valence-corrected chi connectivity index (χ4v) is 2.48. The summed E-state index contributed by atoms with van der Waals surface area (Å²) in [6, 6.07) is 12.9. The van der Waals surface area contributed by atoms with Gasteiger partial charge in [-0.2, -0.15) is 0 Å². The van der Waals surface area contributed by atoms with E-state index in [1.165, 1.54) is 7.11 Å². The summed E-state index contributed by atoms with van der Waals surface area (Å²) in [6.45, 7) is 0. The van der Waals surface area contributed by atoms with E-state index < -0.39 is 12.0 Å². The standard InChI is InChI=1S/C17H15Cl2NO3/c1-23-16(21)10-15(13-4-2-3-5-14(13)19)20-17(22)11-6-8-12(18)9-7-11/h2-9,15H,10H2,1H3,(H,20,22). The van der Waals surface area contributed by atoms with Crippen LogP contribution in [-0.2, 0) is 9.53 Å². The first-order chi connectivity index (χ1) is 11.0. The molecule has 0 aliphatic rings. The van der Waals surface area contributed by atoms with Crippen LogP contribution in [-0.4, -0.2) is 19.0 Å². The van der Waals surface area contributed by atoms with Crippen LogP contribution in [0.15, 0.2) is 48.5 Å². The molecule has 23 heavy (non-hydrogen) atoms. The van der Waals surface area contributed by atoms with E-state index in [1.54, 1.807) is 48.5 Å². The minimum atomic E-state index is -0.584. The number of carbonyl (C=O) groups is 2. The van der Waals surface area contributed by atoms with Crippen molar-refractivity contribution in [3.8, 4) is 0 Å². The Bertz CT molecular complexity index is 701. The van der Waals surface area contributed by atoms with Crippen LogP contribution in [0.5, 0.6) is 0 Å². The van der Waals surface area contributed by atoms with Crippen molar-refractivity contribution in [2.24, 2.45) is 0 Å². The first kappa shape index (κ1) is 17.3. The SMILES string of the molecule is COC(=O)CC(NC(=O)c1ccc(Cl)cc1)c1ccccc1Cl. The first-order valence-electron chi connectivity index (χ1n) is 6.89. The second kappa shape index (κ2) is 7.99. The van der Waals surface area contributed by atoms with Crippen molar-refractivity contribution in [2.45, 2.75) is 12.5 Å². The number of benzene rings is 2. The van der Waals surface area contributed by atoms with E-state index in [0.717, 1.165) is 0 Å². The summed E-state index contributed by atoms with van der Waals surface area (Å²) in [5.41, 5.74) is 1.10. The van der Waals surface area contributed by atoms with Gasteiger partial charge in [0.25, 0.3) is 5.91 Å². The Balaban J connectivity index is 2.24. The molecule has 0 fully saturated rings. The molecule has 6 heteroatoms. The Kier molecular flexibility index (Phi) is 6.02. The number of hydrogen-bond acceptors (Lipinski definition) is 3. The van der Waals surface area contributed by atoms with Crippen LogP contribution in [0.2, 0.25) is 10.0 Å². The molecule has 0 spiro atoms. The third kappa shape index (κ3) is 4.71. The Hall–Kier alpha value is -2.04. The Morgan fingerprint density at radius 1 is 1.09 bits per heavy atom. The number of rotatable bonds is 5. The first-order valence-corrected chi connectivity index (χ1v) is 7.64. The predicted molar refractivity (Wildman–Crippen MR) is 89.7 cm³/mol. The fraction of sp³-hybridized carbons (Fsp3) is 0.176. The number of amides is 1. The van der Waals surface area contributed by atoms with Gasteiger partial charge in [-0.05, 0) is 35.9 Å². The Morgan fingerprint density at radius 2 is 1.74 bits per heavy atom. The largest absolute Gasteiger partial charge is 0.469 e. The van der Waals surface area contributed by atoms with Crippen molar-refractivity contribution in [1.29, 1.82) is 0 Å². The molecule has 0 radical (unpaired) electrons. The molecule has 1 unspecified atom stereocenters. The number of esters is 1. The van der Waals surface area contributed by atoms with Gasteiger partial charge < -0.3 is 10.1 Å². The van der Waals surface area contributed by atoms with Crippen LogP contribution in [0.4, 0.5) is 0 Å². The van der Waals surface area contributed by atoms with Crippen molar-refractivity contribution in [1.82, 2.24) is 5.32 Å². The van der Waals surface area contributed by atoms with Gasteiger partial charge in [0.05, 0.1) is 19.6 Å². The van der Waals surface area contributed by atoms with Crippen LogP contribution in [0, 0.1) is 0 Å². The number of methoxy groups -OCH3 is 1. The van der Waals surface area contributed by atoms with Crippen molar-refractivity contribution in [3.63, 3.8) is 0 Å². The molecular formula is C17H15Cl2NO3. The summed E-state index contributed by atoms with van der Waals surface area (Å²) >= 11 is 12.0. The molecule has 0 saturated carbocycles. The maximum atomic E-state index is 12.4. The fourth-order valence-electron chi connectivity index (χ4n) is 2.09. The van der Waals surface area contributed by atoms with E-state index in [4.69, 9.17) is 27.9 Å². The van der Waals surface area contributed by atoms with Gasteiger partial charge >= 0.3 is 5.97 Å². The molecule has 2 aromatic carbocycles. The van der Waals surface area contributed by atoms with Crippen molar-refractivity contribution in [2.75, 3.05) is 7.11 Å². The lowest BCUT2D eigenvalue weighted by molar-refractivity contribution is -0.141. The Morgan fingerprint density at radius 3 is 2.35 bits per heavy atom. The highest BCUT2D eigenvalue weighted by Gasteiger charge is 2.21. The van der Waals surface area contributed by atoms with E-state index in [9.17, 15) is 9.59 Å². The summed E-state index contributed by atoms with van der Waals surface area (Å²) in [5, 5.41) is 3.82. The monoisotopic (exact) mass is 351 g/mol. The van der Waals surface area contributed by atoms with E-state index in [2.05, 4.69) is 5.32 Å². The summed E-state index contributed by atoms with van der Waals surface area (Å²) < 4.78 is 4.69. The van der Waals surface area contributed by atoms with Crippen LogP contribution >= 0.6 is 23.2 Å². The summed E-state index contributed by atoms with van der Waals surface area (Å²) in [6.07, 6.45) is -0.0143. The zero-order valence-electron chi connectivity index (χ0n) is 12.4. The third-order valence-electron chi connectivity index (χ3n) is 3.29. The van der Waals surface area contributed by atoms with Gasteiger partial charge in [-0.3, -0.25) is 9.59 Å². The second-order valence-corrected chi connectivity index (χ2v) is 5.68. The van der Waals surface area contributed by atoms with E-state index in [0.29, 0.717) is 21.2 Å². The minimum absolute atomic E-state index is 0.0143. The zero-order chi connectivity index (χ0) is 16.8. The highest BCUT2D eigenvalue weighted by molar-refractivity contribution is 6.31. The summed E-state index contributed by atoms with van der Waals surface area (Å²) in [7, 11) is 1.30. The van der Waals surface area contributed by atoms with Gasteiger partial charge in [0.1, 0.15) is 0 Å². The molecule has 0 bridgehead atoms. The molecule has 2 aromatic rings. The van der Waals surface area contributed by atoms with Crippen LogP contribution in [0.3, 0.4) is 0 Å². The third-order valence-corrected chi connectivity index (χ3v) is 3.89. The minimum Gasteiger partial charge on any atom is -0.469 e. The average molecular weight is 352 g/mol. The van der Waals surface area contributed by atoms with Gasteiger partial charge in [0, 0.05) is 15.6 Å². The van der Waals surface area contributed by atoms with Crippen molar-refractivity contribution >= 4 is 35.1 Å². The molecule has 120 valence electrons. The quantitative estimate of drug-likeness (QED) is 0.827. The van der Waals surface area contributed by atoms with Gasteiger partial charge in [0.2, 0.25) is 0 Å². The number of carbonyl (C=O) groups excluding carboxylic acids is 2. The maximum Gasteiger partial charge on any atom is 0.307 e.